The number of hydrogen-bond donors (Lipinski definition) is 1. The van der Waals surface area contributed by atoms with E-state index in [0.29, 0.717) is 11.7 Å². The van der Waals surface area contributed by atoms with E-state index in [1.165, 1.54) is 22.4 Å². The molecule has 0 aliphatic heterocycles. The molecule has 0 aliphatic rings. The summed E-state index contributed by atoms with van der Waals surface area (Å²) in [6, 6.07) is -0.785. The Bertz CT molecular complexity index is 326. The molecular formula is C6H8N4O3S. The molecule has 1 N–H and O–H groups in total. The molecular weight excluding hydrogens is 208 g/mol. The fraction of sp³-hybridized carbons (Fsp3) is 0.333. The molecule has 0 bridgehead atoms. The number of amides is 2. The van der Waals surface area contributed by atoms with Gasteiger partial charge in [-0.15, -0.1) is 11.3 Å². The molecule has 0 fully saturated rings. The summed E-state index contributed by atoms with van der Waals surface area (Å²) in [7, 11) is 0. The van der Waals surface area contributed by atoms with Gasteiger partial charge < -0.3 is 0 Å². The summed E-state index contributed by atoms with van der Waals surface area (Å²) in [5.74, 6) is 0. The van der Waals surface area contributed by atoms with Gasteiger partial charge in [-0.2, -0.15) is 0 Å². The number of anilines is 1. The van der Waals surface area contributed by atoms with Gasteiger partial charge in [-0.05, 0) is 12.3 Å². The van der Waals surface area contributed by atoms with E-state index in [0.717, 1.165) is 0 Å². The van der Waals surface area contributed by atoms with Crippen LogP contribution in [0.4, 0.5) is 9.93 Å². The van der Waals surface area contributed by atoms with Crippen LogP contribution in [0.25, 0.3) is 0 Å². The Hall–Kier alpha value is -1.70. The topological polar surface area (TPSA) is 88.4 Å². The summed E-state index contributed by atoms with van der Waals surface area (Å²) in [4.78, 5) is 26.3. The molecule has 2 amide bonds. The quantitative estimate of drug-likeness (QED) is 0.599. The molecule has 1 aromatic heterocycles. The van der Waals surface area contributed by atoms with Crippen molar-refractivity contribution in [2.75, 3.05) is 11.4 Å². The van der Waals surface area contributed by atoms with Gasteiger partial charge in [-0.3, -0.25) is 4.90 Å². The molecule has 0 aromatic carbocycles. The zero-order valence-corrected chi connectivity index (χ0v) is 8.15. The number of rotatable bonds is 3. The minimum atomic E-state index is -0.890. The number of carbonyl (C=O) groups excluding carboxylic acids is 1. The average Bonchev–Trinajstić information content (AvgIpc) is 2.57. The first kappa shape index (κ1) is 10.4. The second kappa shape index (κ2) is 4.51. The number of aromatic nitrogens is 1. The van der Waals surface area contributed by atoms with Crippen molar-refractivity contribution in [1.29, 1.82) is 0 Å². The molecule has 0 aliphatic carbocycles. The van der Waals surface area contributed by atoms with Crippen LogP contribution in [0.3, 0.4) is 0 Å². The summed E-state index contributed by atoms with van der Waals surface area (Å²) in [6.07, 6.45) is 1.53. The lowest BCUT2D eigenvalue weighted by Crippen LogP contribution is -2.42. The first-order valence-electron chi connectivity index (χ1n) is 3.77. The lowest BCUT2D eigenvalue weighted by Gasteiger charge is -2.14. The van der Waals surface area contributed by atoms with Gasteiger partial charge in [0.05, 0.1) is 0 Å². The molecule has 1 aromatic rings. The van der Waals surface area contributed by atoms with Crippen molar-refractivity contribution in [3.05, 3.63) is 21.7 Å². The Morgan fingerprint density at radius 3 is 3.00 bits per heavy atom. The molecule has 76 valence electrons. The maximum Gasteiger partial charge on any atom is 0.381 e. The Kier molecular flexibility index (Phi) is 3.35. The monoisotopic (exact) mass is 216 g/mol. The fourth-order valence-electron chi connectivity index (χ4n) is 0.853. The number of nitrogens with zero attached hydrogens (tertiary/aromatic N) is 3. The lowest BCUT2D eigenvalue weighted by atomic mass is 10.6. The molecule has 0 radical (unpaired) electrons. The second-order valence-electron chi connectivity index (χ2n) is 2.23. The van der Waals surface area contributed by atoms with Crippen LogP contribution in [-0.4, -0.2) is 22.6 Å². The number of thiazole rings is 1. The van der Waals surface area contributed by atoms with Crippen LogP contribution in [0.5, 0.6) is 0 Å². The molecule has 0 unspecified atom stereocenters. The van der Waals surface area contributed by atoms with E-state index in [2.05, 4.69) is 4.98 Å². The first-order valence-corrected chi connectivity index (χ1v) is 4.65. The fourth-order valence-corrected chi connectivity index (χ4v) is 1.56. The van der Waals surface area contributed by atoms with Gasteiger partial charge in [0.25, 0.3) is 0 Å². The number of carbonyl (C=O) groups is 1. The third kappa shape index (κ3) is 2.39. The van der Waals surface area contributed by atoms with E-state index in [4.69, 9.17) is 0 Å². The first-order chi connectivity index (χ1) is 6.65. The van der Waals surface area contributed by atoms with Gasteiger partial charge in [0, 0.05) is 18.1 Å². The van der Waals surface area contributed by atoms with Gasteiger partial charge >= 0.3 is 6.03 Å². The number of hydrazine groups is 1. The van der Waals surface area contributed by atoms with Gasteiger partial charge in [0.1, 0.15) is 0 Å². The minimum absolute atomic E-state index is 0.327. The van der Waals surface area contributed by atoms with Gasteiger partial charge in [0.2, 0.25) is 0 Å². The third-order valence-corrected chi connectivity index (χ3v) is 2.19. The second-order valence-corrected chi connectivity index (χ2v) is 3.11. The Morgan fingerprint density at radius 1 is 1.86 bits per heavy atom. The maximum atomic E-state index is 11.2. The minimum Gasteiger partial charge on any atom is -0.266 e. The van der Waals surface area contributed by atoms with E-state index in [-0.39, 0.29) is 0 Å². The summed E-state index contributed by atoms with van der Waals surface area (Å²) in [6.45, 7) is 2.04. The highest BCUT2D eigenvalue weighted by Crippen LogP contribution is 2.16. The predicted molar refractivity (Wildman–Crippen MR) is 50.7 cm³/mol. The highest BCUT2D eigenvalue weighted by molar-refractivity contribution is 7.13. The Labute approximate surface area is 83.5 Å². The zero-order valence-electron chi connectivity index (χ0n) is 7.34. The molecule has 0 saturated heterocycles. The molecule has 7 nitrogen and oxygen atoms in total. The van der Waals surface area contributed by atoms with Crippen LogP contribution in [0, 0.1) is 10.1 Å². The van der Waals surface area contributed by atoms with Crippen molar-refractivity contribution in [1.82, 2.24) is 10.4 Å². The number of hydrogen-bond acceptors (Lipinski definition) is 5. The highest BCUT2D eigenvalue weighted by atomic mass is 32.1. The van der Waals surface area contributed by atoms with E-state index in [1.807, 2.05) is 0 Å². The van der Waals surface area contributed by atoms with E-state index in [1.54, 1.807) is 17.7 Å². The van der Waals surface area contributed by atoms with Crippen molar-refractivity contribution < 1.29 is 9.83 Å². The van der Waals surface area contributed by atoms with E-state index in [9.17, 15) is 14.9 Å². The van der Waals surface area contributed by atoms with Crippen LogP contribution < -0.4 is 10.3 Å². The number of urea groups is 1. The average molecular weight is 216 g/mol. The van der Waals surface area contributed by atoms with Crippen molar-refractivity contribution in [2.24, 2.45) is 0 Å². The smallest absolute Gasteiger partial charge is 0.266 e. The summed E-state index contributed by atoms with van der Waals surface area (Å²) < 4.78 is 0. The Morgan fingerprint density at radius 2 is 2.57 bits per heavy atom. The highest BCUT2D eigenvalue weighted by Gasteiger charge is 2.19. The maximum absolute atomic E-state index is 11.2. The van der Waals surface area contributed by atoms with E-state index < -0.39 is 11.1 Å². The van der Waals surface area contributed by atoms with Crippen LogP contribution >= 0.6 is 11.3 Å². The van der Waals surface area contributed by atoms with Crippen molar-refractivity contribution in [2.45, 2.75) is 6.92 Å². The van der Waals surface area contributed by atoms with Gasteiger partial charge in [-0.25, -0.2) is 19.9 Å². The molecule has 1 heterocycles. The lowest BCUT2D eigenvalue weighted by molar-refractivity contribution is -0.527. The van der Waals surface area contributed by atoms with Gasteiger partial charge in [0.15, 0.2) is 10.2 Å². The number of nitro groups is 1. The van der Waals surface area contributed by atoms with Crippen LogP contribution in [-0.2, 0) is 0 Å². The van der Waals surface area contributed by atoms with Crippen molar-refractivity contribution >= 4 is 22.5 Å². The largest absolute Gasteiger partial charge is 0.381 e. The molecule has 8 heteroatoms. The van der Waals surface area contributed by atoms with Crippen LogP contribution in [0.15, 0.2) is 11.6 Å². The molecule has 1 rings (SSSR count). The van der Waals surface area contributed by atoms with E-state index >= 15 is 0 Å². The summed E-state index contributed by atoms with van der Waals surface area (Å²) in [5.41, 5.74) is 1.56. The summed E-state index contributed by atoms with van der Waals surface area (Å²) in [5, 5.41) is 11.3. The normalized spacial score (nSPS) is 9.50. The third-order valence-electron chi connectivity index (χ3n) is 1.40. The predicted octanol–water partition coefficient (Wildman–Crippen LogP) is 0.871. The Balaban J connectivity index is 2.72. The number of nitrogens with one attached hydrogen (secondary N) is 1. The molecule has 0 saturated carbocycles. The van der Waals surface area contributed by atoms with Crippen LogP contribution in [0.2, 0.25) is 0 Å². The van der Waals surface area contributed by atoms with Crippen molar-refractivity contribution in [3.63, 3.8) is 0 Å². The van der Waals surface area contributed by atoms with Crippen molar-refractivity contribution in [3.8, 4) is 0 Å². The molecule has 0 spiro atoms. The molecule has 0 atom stereocenters. The van der Waals surface area contributed by atoms with Crippen LogP contribution in [0.1, 0.15) is 6.92 Å². The summed E-state index contributed by atoms with van der Waals surface area (Å²) >= 11 is 1.24. The SMILES string of the molecule is CCN(C(=O)N[N+](=O)[O-])c1nccs1. The zero-order chi connectivity index (χ0) is 10.6. The van der Waals surface area contributed by atoms with Gasteiger partial charge in [-0.1, -0.05) is 0 Å². The standard InChI is InChI=1S/C6H8N4O3S/c1-2-9(5(11)8-10(12)13)6-7-3-4-14-6/h3-4H,2H2,1H3,(H,8,11). The molecule has 14 heavy (non-hydrogen) atoms.